The van der Waals surface area contributed by atoms with Gasteiger partial charge in [-0.15, -0.1) is 0 Å². The van der Waals surface area contributed by atoms with E-state index in [1.165, 1.54) is 17.9 Å². The first-order chi connectivity index (χ1) is 13.8. The Morgan fingerprint density at radius 2 is 1.72 bits per heavy atom. The smallest absolute Gasteiger partial charge is 0.272 e. The summed E-state index contributed by atoms with van der Waals surface area (Å²) in [5.41, 5.74) is 6.55. The summed E-state index contributed by atoms with van der Waals surface area (Å²) in [5, 5.41) is 5.56. The zero-order valence-corrected chi connectivity index (χ0v) is 16.6. The number of aromatic nitrogens is 2. The fourth-order valence-corrected chi connectivity index (χ4v) is 3.03. The van der Waals surface area contributed by atoms with Gasteiger partial charge in [-0.05, 0) is 36.4 Å². The second kappa shape index (κ2) is 8.34. The lowest BCUT2D eigenvalue weighted by Crippen LogP contribution is -2.25. The average molecular weight is 432 g/mol. The van der Waals surface area contributed by atoms with Crippen molar-refractivity contribution in [2.24, 2.45) is 5.73 Å². The van der Waals surface area contributed by atoms with Gasteiger partial charge >= 0.3 is 0 Å². The maximum absolute atomic E-state index is 12.4. The van der Waals surface area contributed by atoms with Crippen molar-refractivity contribution in [3.63, 3.8) is 0 Å². The van der Waals surface area contributed by atoms with Crippen molar-refractivity contribution in [3.05, 3.63) is 75.8 Å². The quantitative estimate of drug-likeness (QED) is 0.574. The van der Waals surface area contributed by atoms with Crippen LogP contribution in [0.1, 0.15) is 31.3 Å². The Balaban J connectivity index is 1.87. The van der Waals surface area contributed by atoms with Gasteiger partial charge in [0.15, 0.2) is 5.69 Å². The van der Waals surface area contributed by atoms with Gasteiger partial charge < -0.3 is 16.4 Å². The largest absolute Gasteiger partial charge is 0.364 e. The third-order valence-electron chi connectivity index (χ3n) is 4.04. The number of hydrogen-bond donors (Lipinski definition) is 3. The molecule has 0 radical (unpaired) electrons. The molecule has 3 amide bonds. The second-order valence-electron chi connectivity index (χ2n) is 5.86. The van der Waals surface area contributed by atoms with E-state index < -0.39 is 17.7 Å². The molecule has 4 N–H and O–H groups in total. The van der Waals surface area contributed by atoms with Crippen LogP contribution in [-0.4, -0.2) is 34.3 Å². The van der Waals surface area contributed by atoms with Crippen LogP contribution in [0.3, 0.4) is 0 Å². The summed E-state index contributed by atoms with van der Waals surface area (Å²) in [4.78, 5) is 40.1. The van der Waals surface area contributed by atoms with Gasteiger partial charge in [-0.25, -0.2) is 4.98 Å². The number of benzene rings is 2. The van der Waals surface area contributed by atoms with Crippen LogP contribution in [0.25, 0.3) is 5.69 Å². The first-order valence-corrected chi connectivity index (χ1v) is 9.04. The van der Waals surface area contributed by atoms with Gasteiger partial charge in [0.1, 0.15) is 12.0 Å². The molecule has 29 heavy (non-hydrogen) atoms. The number of rotatable bonds is 5. The molecule has 0 saturated carbocycles. The van der Waals surface area contributed by atoms with Crippen molar-refractivity contribution in [1.82, 2.24) is 14.9 Å². The third-order valence-corrected chi connectivity index (χ3v) is 4.86. The highest BCUT2D eigenvalue weighted by atomic mass is 35.5. The van der Waals surface area contributed by atoms with Crippen LogP contribution in [0.5, 0.6) is 0 Å². The molecule has 0 atom stereocenters. The molecule has 0 spiro atoms. The van der Waals surface area contributed by atoms with E-state index in [1.54, 1.807) is 42.5 Å². The lowest BCUT2D eigenvalue weighted by molar-refractivity contribution is 0.0937. The SMILES string of the molecule is CNC(=O)c1ncn(-c2ccc(NC(=O)c3cccc(Cl)c3Cl)cc2)c1C(N)=O. The van der Waals surface area contributed by atoms with Crippen LogP contribution >= 0.6 is 23.2 Å². The minimum absolute atomic E-state index is 0.0492. The van der Waals surface area contributed by atoms with Crippen LogP contribution in [0.2, 0.25) is 10.0 Å². The molecule has 0 saturated heterocycles. The maximum atomic E-state index is 12.4. The Labute approximate surface area is 175 Å². The third kappa shape index (κ3) is 4.08. The molecular weight excluding hydrogens is 417 g/mol. The number of amides is 3. The second-order valence-corrected chi connectivity index (χ2v) is 6.64. The van der Waals surface area contributed by atoms with Crippen molar-refractivity contribution in [1.29, 1.82) is 0 Å². The Bertz CT molecular complexity index is 1110. The molecule has 0 bridgehead atoms. The van der Waals surface area contributed by atoms with Crippen LogP contribution in [0.4, 0.5) is 5.69 Å². The van der Waals surface area contributed by atoms with E-state index in [4.69, 9.17) is 28.9 Å². The number of primary amides is 1. The van der Waals surface area contributed by atoms with Crippen molar-refractivity contribution >= 4 is 46.6 Å². The number of anilines is 1. The molecule has 0 aliphatic rings. The minimum atomic E-state index is -0.797. The summed E-state index contributed by atoms with van der Waals surface area (Å²) in [6.07, 6.45) is 1.32. The summed E-state index contributed by atoms with van der Waals surface area (Å²) >= 11 is 12.0. The van der Waals surface area contributed by atoms with Crippen LogP contribution in [0.15, 0.2) is 48.8 Å². The zero-order valence-electron chi connectivity index (χ0n) is 15.1. The summed E-state index contributed by atoms with van der Waals surface area (Å²) in [6, 6.07) is 11.3. The highest BCUT2D eigenvalue weighted by Crippen LogP contribution is 2.26. The predicted octanol–water partition coefficient (Wildman–Crippen LogP) is 2.89. The number of hydrogen-bond acceptors (Lipinski definition) is 4. The normalized spacial score (nSPS) is 10.4. The molecule has 0 aliphatic heterocycles. The number of nitrogens with two attached hydrogens (primary N) is 1. The van der Waals surface area contributed by atoms with E-state index in [-0.39, 0.29) is 27.0 Å². The van der Waals surface area contributed by atoms with E-state index in [0.29, 0.717) is 11.4 Å². The van der Waals surface area contributed by atoms with Gasteiger partial charge in [-0.3, -0.25) is 19.0 Å². The van der Waals surface area contributed by atoms with Crippen LogP contribution < -0.4 is 16.4 Å². The molecule has 3 rings (SSSR count). The number of nitrogens with zero attached hydrogens (tertiary/aromatic N) is 2. The van der Waals surface area contributed by atoms with Gasteiger partial charge in [0, 0.05) is 18.4 Å². The van der Waals surface area contributed by atoms with E-state index in [2.05, 4.69) is 15.6 Å². The van der Waals surface area contributed by atoms with E-state index in [0.717, 1.165) is 0 Å². The molecule has 0 fully saturated rings. The number of carbonyl (C=O) groups excluding carboxylic acids is 3. The van der Waals surface area contributed by atoms with Gasteiger partial charge in [0.2, 0.25) is 0 Å². The van der Waals surface area contributed by atoms with E-state index >= 15 is 0 Å². The van der Waals surface area contributed by atoms with Crippen molar-refractivity contribution in [2.45, 2.75) is 0 Å². The highest BCUT2D eigenvalue weighted by Gasteiger charge is 2.22. The predicted molar refractivity (Wildman–Crippen MR) is 110 cm³/mol. The summed E-state index contributed by atoms with van der Waals surface area (Å²) in [6.45, 7) is 0. The monoisotopic (exact) mass is 431 g/mol. The summed E-state index contributed by atoms with van der Waals surface area (Å²) < 4.78 is 1.40. The Hall–Kier alpha value is -3.36. The lowest BCUT2D eigenvalue weighted by Gasteiger charge is -2.10. The van der Waals surface area contributed by atoms with Gasteiger partial charge in [0.25, 0.3) is 17.7 Å². The number of carbonyl (C=O) groups is 3. The molecule has 1 aromatic heterocycles. The number of halogens is 2. The molecule has 3 aromatic rings. The van der Waals surface area contributed by atoms with Gasteiger partial charge in [0.05, 0.1) is 15.6 Å². The molecular formula is C19H15Cl2N5O3. The Morgan fingerprint density at radius 1 is 1.03 bits per heavy atom. The van der Waals surface area contributed by atoms with Gasteiger partial charge in [-0.2, -0.15) is 0 Å². The first-order valence-electron chi connectivity index (χ1n) is 8.28. The fourth-order valence-electron chi connectivity index (χ4n) is 2.65. The Kier molecular flexibility index (Phi) is 5.86. The molecule has 0 aliphatic carbocycles. The zero-order chi connectivity index (χ0) is 21.1. The highest BCUT2D eigenvalue weighted by molar-refractivity contribution is 6.44. The molecule has 2 aromatic carbocycles. The van der Waals surface area contributed by atoms with Crippen molar-refractivity contribution in [3.8, 4) is 5.69 Å². The van der Waals surface area contributed by atoms with E-state index in [9.17, 15) is 14.4 Å². The van der Waals surface area contributed by atoms with Crippen LogP contribution in [-0.2, 0) is 0 Å². The lowest BCUT2D eigenvalue weighted by atomic mass is 10.2. The first kappa shape index (κ1) is 20.4. The molecule has 10 heteroatoms. The minimum Gasteiger partial charge on any atom is -0.364 e. The summed E-state index contributed by atoms with van der Waals surface area (Å²) in [5.74, 6) is -1.75. The van der Waals surface area contributed by atoms with E-state index in [1.807, 2.05) is 0 Å². The molecule has 1 heterocycles. The Morgan fingerprint density at radius 3 is 2.34 bits per heavy atom. The average Bonchev–Trinajstić information content (AvgIpc) is 3.15. The topological polar surface area (TPSA) is 119 Å². The van der Waals surface area contributed by atoms with Crippen molar-refractivity contribution < 1.29 is 14.4 Å². The number of nitrogens with one attached hydrogen (secondary N) is 2. The number of imidazole rings is 1. The molecule has 148 valence electrons. The maximum Gasteiger partial charge on any atom is 0.272 e. The van der Waals surface area contributed by atoms with Crippen LogP contribution in [0, 0.1) is 0 Å². The molecule has 8 nitrogen and oxygen atoms in total. The fraction of sp³-hybridized carbons (Fsp3) is 0.0526. The standard InChI is InChI=1S/C19H15Cl2N5O3/c1-23-19(29)15-16(17(22)27)26(9-24-15)11-7-5-10(6-8-11)25-18(28)12-3-2-4-13(20)14(12)21/h2-9H,1H3,(H2,22,27)(H,23,29)(H,25,28). The van der Waals surface area contributed by atoms with Gasteiger partial charge in [-0.1, -0.05) is 29.3 Å². The molecule has 0 unspecified atom stereocenters. The summed E-state index contributed by atoms with van der Waals surface area (Å²) in [7, 11) is 1.43. The van der Waals surface area contributed by atoms with Crippen molar-refractivity contribution in [2.75, 3.05) is 12.4 Å².